The number of hydrogen-bond donors (Lipinski definition) is 0. The van der Waals surface area contributed by atoms with Gasteiger partial charge in [-0.1, -0.05) is 0 Å². The van der Waals surface area contributed by atoms with Crippen molar-refractivity contribution in [1.82, 2.24) is 9.97 Å². The highest BCUT2D eigenvalue weighted by atomic mass is 127. The van der Waals surface area contributed by atoms with Crippen LogP contribution in [0.4, 0.5) is 5.82 Å². The number of anilines is 1. The Labute approximate surface area is 108 Å². The van der Waals surface area contributed by atoms with Gasteiger partial charge in [-0.3, -0.25) is 0 Å². The molecule has 0 aromatic carbocycles. The summed E-state index contributed by atoms with van der Waals surface area (Å²) in [6.45, 7) is 1.04. The molecule has 0 N–H and O–H groups in total. The summed E-state index contributed by atoms with van der Waals surface area (Å²) in [6.07, 6.45) is 5.70. The van der Waals surface area contributed by atoms with E-state index in [4.69, 9.17) is 11.6 Å². The third kappa shape index (κ3) is 2.72. The maximum Gasteiger partial charge on any atom is 0.145 e. The van der Waals surface area contributed by atoms with Crippen molar-refractivity contribution in [2.24, 2.45) is 5.92 Å². The van der Waals surface area contributed by atoms with Crippen molar-refractivity contribution < 1.29 is 0 Å². The second-order valence-corrected chi connectivity index (χ2v) is 5.79. The molecule has 0 aliphatic heterocycles. The van der Waals surface area contributed by atoms with E-state index < -0.39 is 0 Å². The third-order valence-corrected chi connectivity index (χ3v) is 3.84. The summed E-state index contributed by atoms with van der Waals surface area (Å²) < 4.78 is 1.10. The molecule has 1 aromatic rings. The van der Waals surface area contributed by atoms with Gasteiger partial charge in [0.25, 0.3) is 0 Å². The third-order valence-electron chi connectivity index (χ3n) is 2.72. The lowest BCUT2D eigenvalue weighted by Crippen LogP contribution is -2.35. The quantitative estimate of drug-likeness (QED) is 0.627. The molecule has 0 bridgehead atoms. The van der Waals surface area contributed by atoms with Gasteiger partial charge in [0.2, 0.25) is 0 Å². The van der Waals surface area contributed by atoms with Crippen LogP contribution in [0, 0.1) is 9.49 Å². The molecule has 0 atom stereocenters. The minimum atomic E-state index is 0.396. The molecule has 5 heteroatoms. The zero-order valence-electron chi connectivity index (χ0n) is 8.53. The van der Waals surface area contributed by atoms with E-state index in [0.29, 0.717) is 5.38 Å². The summed E-state index contributed by atoms with van der Waals surface area (Å²) in [5.41, 5.74) is 0. The first-order valence-corrected chi connectivity index (χ1v) is 6.49. The van der Waals surface area contributed by atoms with Gasteiger partial charge in [-0.2, -0.15) is 0 Å². The molecule has 1 aliphatic carbocycles. The molecule has 0 radical (unpaired) electrons. The van der Waals surface area contributed by atoms with Gasteiger partial charge in [-0.25, -0.2) is 9.97 Å². The molecule has 0 spiro atoms. The van der Waals surface area contributed by atoms with Crippen molar-refractivity contribution >= 4 is 40.0 Å². The van der Waals surface area contributed by atoms with Crippen LogP contribution in [0.3, 0.4) is 0 Å². The Morgan fingerprint density at radius 1 is 1.60 bits per heavy atom. The molecule has 1 aromatic heterocycles. The van der Waals surface area contributed by atoms with E-state index >= 15 is 0 Å². The first-order valence-electron chi connectivity index (χ1n) is 4.97. The zero-order chi connectivity index (χ0) is 10.8. The Hall–Kier alpha value is -0.100. The maximum atomic E-state index is 5.96. The van der Waals surface area contributed by atoms with Gasteiger partial charge in [0, 0.05) is 25.2 Å². The minimum Gasteiger partial charge on any atom is -0.358 e. The van der Waals surface area contributed by atoms with Crippen molar-refractivity contribution in [1.29, 1.82) is 0 Å². The lowest BCUT2D eigenvalue weighted by Gasteiger charge is -2.34. The Bertz CT molecular complexity index is 341. The van der Waals surface area contributed by atoms with Crippen LogP contribution in [0.15, 0.2) is 12.5 Å². The zero-order valence-corrected chi connectivity index (χ0v) is 11.4. The molecule has 1 heterocycles. The van der Waals surface area contributed by atoms with Crippen LogP contribution >= 0.6 is 34.2 Å². The average Bonchev–Trinajstić information content (AvgIpc) is 2.16. The predicted molar refractivity (Wildman–Crippen MR) is 70.4 cm³/mol. The highest BCUT2D eigenvalue weighted by Crippen LogP contribution is 2.33. The molecule has 1 fully saturated rings. The summed E-state index contributed by atoms with van der Waals surface area (Å²) in [4.78, 5) is 10.5. The number of nitrogens with zero attached hydrogens (tertiary/aromatic N) is 3. The molecule has 3 nitrogen and oxygen atoms in total. The fraction of sp³-hybridized carbons (Fsp3) is 0.600. The van der Waals surface area contributed by atoms with Crippen LogP contribution < -0.4 is 4.90 Å². The second-order valence-electron chi connectivity index (χ2n) is 4.01. The summed E-state index contributed by atoms with van der Waals surface area (Å²) in [6, 6.07) is 0. The standard InChI is InChI=1S/C10H13ClIN3/c1-15(5-7-2-8(11)3-7)10-9(12)4-13-6-14-10/h4,6-8H,2-3,5H2,1H3. The number of rotatable bonds is 3. The van der Waals surface area contributed by atoms with Crippen molar-refractivity contribution in [2.45, 2.75) is 18.2 Å². The van der Waals surface area contributed by atoms with Gasteiger partial charge in [0.15, 0.2) is 0 Å². The fourth-order valence-electron chi connectivity index (χ4n) is 1.86. The van der Waals surface area contributed by atoms with Gasteiger partial charge >= 0.3 is 0 Å². The SMILES string of the molecule is CN(CC1CC(Cl)C1)c1ncncc1I. The summed E-state index contributed by atoms with van der Waals surface area (Å²) in [7, 11) is 2.08. The van der Waals surface area contributed by atoms with Crippen molar-refractivity contribution in [3.63, 3.8) is 0 Å². The van der Waals surface area contributed by atoms with Crippen LogP contribution in [0.25, 0.3) is 0 Å². The van der Waals surface area contributed by atoms with Gasteiger partial charge < -0.3 is 4.90 Å². The molecule has 1 aliphatic rings. The first kappa shape index (κ1) is 11.4. The van der Waals surface area contributed by atoms with Crippen LogP contribution in [0.2, 0.25) is 0 Å². The van der Waals surface area contributed by atoms with Gasteiger partial charge in [0.05, 0.1) is 3.57 Å². The Morgan fingerprint density at radius 2 is 2.33 bits per heavy atom. The van der Waals surface area contributed by atoms with Gasteiger partial charge in [-0.15, -0.1) is 11.6 Å². The minimum absolute atomic E-state index is 0.396. The van der Waals surface area contributed by atoms with E-state index in [2.05, 4.69) is 44.5 Å². The molecule has 82 valence electrons. The van der Waals surface area contributed by atoms with Crippen molar-refractivity contribution in [3.05, 3.63) is 16.1 Å². The number of alkyl halides is 1. The maximum absolute atomic E-state index is 5.96. The highest BCUT2D eigenvalue weighted by Gasteiger charge is 2.28. The Kier molecular flexibility index (Phi) is 3.66. The molecule has 15 heavy (non-hydrogen) atoms. The molecular weight excluding hydrogens is 324 g/mol. The lowest BCUT2D eigenvalue weighted by molar-refractivity contribution is 0.328. The lowest BCUT2D eigenvalue weighted by atomic mass is 9.84. The fourth-order valence-corrected chi connectivity index (χ4v) is 3.08. The monoisotopic (exact) mass is 337 g/mol. The summed E-state index contributed by atoms with van der Waals surface area (Å²) in [5, 5.41) is 0.396. The summed E-state index contributed by atoms with van der Waals surface area (Å²) >= 11 is 8.22. The van der Waals surface area contributed by atoms with Crippen LogP contribution in [-0.2, 0) is 0 Å². The molecule has 0 saturated heterocycles. The van der Waals surface area contributed by atoms with Gasteiger partial charge in [-0.05, 0) is 41.4 Å². The smallest absolute Gasteiger partial charge is 0.145 e. The normalized spacial score (nSPS) is 24.7. The molecule has 1 saturated carbocycles. The topological polar surface area (TPSA) is 29.0 Å². The highest BCUT2D eigenvalue weighted by molar-refractivity contribution is 14.1. The van der Waals surface area contributed by atoms with Crippen LogP contribution in [0.5, 0.6) is 0 Å². The van der Waals surface area contributed by atoms with Crippen molar-refractivity contribution in [2.75, 3.05) is 18.5 Å². The molecule has 0 unspecified atom stereocenters. The van der Waals surface area contributed by atoms with E-state index in [0.717, 1.165) is 34.7 Å². The summed E-state index contributed by atoms with van der Waals surface area (Å²) in [5.74, 6) is 1.74. The average molecular weight is 338 g/mol. The number of hydrogen-bond acceptors (Lipinski definition) is 3. The Morgan fingerprint density at radius 3 is 2.93 bits per heavy atom. The van der Waals surface area contributed by atoms with E-state index in [1.807, 2.05) is 6.20 Å². The molecular formula is C10H13ClIN3. The first-order chi connectivity index (χ1) is 7.16. The van der Waals surface area contributed by atoms with Crippen LogP contribution in [0.1, 0.15) is 12.8 Å². The number of aromatic nitrogens is 2. The Balaban J connectivity index is 1.96. The van der Waals surface area contributed by atoms with Crippen LogP contribution in [-0.4, -0.2) is 28.9 Å². The predicted octanol–water partition coefficient (Wildman–Crippen LogP) is 2.53. The molecule has 0 amide bonds. The van der Waals surface area contributed by atoms with E-state index in [9.17, 15) is 0 Å². The van der Waals surface area contributed by atoms with Gasteiger partial charge in [0.1, 0.15) is 12.1 Å². The number of halogens is 2. The molecule has 2 rings (SSSR count). The van der Waals surface area contributed by atoms with E-state index in [-0.39, 0.29) is 0 Å². The van der Waals surface area contributed by atoms with E-state index in [1.54, 1.807) is 6.33 Å². The largest absolute Gasteiger partial charge is 0.358 e. The van der Waals surface area contributed by atoms with E-state index in [1.165, 1.54) is 0 Å². The van der Waals surface area contributed by atoms with Crippen molar-refractivity contribution in [3.8, 4) is 0 Å². The second kappa shape index (κ2) is 4.82.